The smallest absolute Gasteiger partial charge is 0.158 e. The van der Waals surface area contributed by atoms with Gasteiger partial charge in [0.1, 0.15) is 6.61 Å². The van der Waals surface area contributed by atoms with Gasteiger partial charge < -0.3 is 4.74 Å². The van der Waals surface area contributed by atoms with Crippen molar-refractivity contribution in [2.24, 2.45) is 0 Å². The van der Waals surface area contributed by atoms with Crippen molar-refractivity contribution < 1.29 is 9.53 Å². The van der Waals surface area contributed by atoms with E-state index in [1.807, 2.05) is 25.1 Å². The molecule has 82 valence electrons. The second kappa shape index (κ2) is 7.18. The molecule has 0 atom stereocenters. The predicted octanol–water partition coefficient (Wildman–Crippen LogP) is 2.61. The Kier molecular flexibility index (Phi) is 5.71. The lowest BCUT2D eigenvalue weighted by molar-refractivity contribution is -0.123. The fraction of sp³-hybridized carbons (Fsp3) is 0.462. The summed E-state index contributed by atoms with van der Waals surface area (Å²) in [5, 5.41) is 0. The molecule has 15 heavy (non-hydrogen) atoms. The zero-order valence-corrected chi connectivity index (χ0v) is 9.24. The van der Waals surface area contributed by atoms with Gasteiger partial charge in [0, 0.05) is 6.42 Å². The van der Waals surface area contributed by atoms with Crippen LogP contribution in [0.1, 0.15) is 25.3 Å². The lowest BCUT2D eigenvalue weighted by atomic mass is 10.2. The van der Waals surface area contributed by atoms with Crippen molar-refractivity contribution >= 4 is 5.78 Å². The Balaban J connectivity index is 2.10. The van der Waals surface area contributed by atoms with Crippen LogP contribution in [0.25, 0.3) is 0 Å². The van der Waals surface area contributed by atoms with Crippen molar-refractivity contribution in [3.63, 3.8) is 0 Å². The van der Waals surface area contributed by atoms with E-state index in [0.717, 1.165) is 12.8 Å². The van der Waals surface area contributed by atoms with Gasteiger partial charge in [0.25, 0.3) is 0 Å². The number of Topliss-reactive ketones (excluding diaryl/α,β-unsaturated/α-hetero) is 1. The van der Waals surface area contributed by atoms with Gasteiger partial charge in [0.2, 0.25) is 0 Å². The topological polar surface area (TPSA) is 26.3 Å². The third-order valence-corrected chi connectivity index (χ3v) is 2.17. The highest BCUT2D eigenvalue weighted by atomic mass is 16.5. The zero-order valence-electron chi connectivity index (χ0n) is 9.24. The van der Waals surface area contributed by atoms with Crippen LogP contribution in [0.5, 0.6) is 0 Å². The van der Waals surface area contributed by atoms with Gasteiger partial charge in [-0.2, -0.15) is 0 Å². The lowest BCUT2D eigenvalue weighted by Gasteiger charge is -2.03. The quantitative estimate of drug-likeness (QED) is 0.641. The molecule has 0 unspecified atom stereocenters. The third kappa shape index (κ3) is 5.33. The highest BCUT2D eigenvalue weighted by Crippen LogP contribution is 1.99. The van der Waals surface area contributed by atoms with Crippen LogP contribution in [-0.2, 0) is 16.0 Å². The van der Waals surface area contributed by atoms with E-state index in [-0.39, 0.29) is 12.4 Å². The lowest BCUT2D eigenvalue weighted by Crippen LogP contribution is -2.09. The van der Waals surface area contributed by atoms with Crippen molar-refractivity contribution in [1.29, 1.82) is 0 Å². The average molecular weight is 206 g/mol. The number of ketones is 1. The van der Waals surface area contributed by atoms with Crippen LogP contribution in [0.15, 0.2) is 30.3 Å². The van der Waals surface area contributed by atoms with Crippen molar-refractivity contribution in [3.05, 3.63) is 35.9 Å². The van der Waals surface area contributed by atoms with Crippen LogP contribution >= 0.6 is 0 Å². The summed E-state index contributed by atoms with van der Waals surface area (Å²) in [5.41, 5.74) is 1.25. The Bertz CT molecular complexity index is 280. The fourth-order valence-electron chi connectivity index (χ4n) is 1.37. The Morgan fingerprint density at radius 3 is 2.67 bits per heavy atom. The largest absolute Gasteiger partial charge is 0.373 e. The van der Waals surface area contributed by atoms with Gasteiger partial charge in [-0.25, -0.2) is 0 Å². The molecule has 0 radical (unpaired) electrons. The molecule has 0 fully saturated rings. The van der Waals surface area contributed by atoms with Gasteiger partial charge in [-0.15, -0.1) is 0 Å². The van der Waals surface area contributed by atoms with E-state index in [1.54, 1.807) is 0 Å². The minimum Gasteiger partial charge on any atom is -0.373 e. The van der Waals surface area contributed by atoms with Gasteiger partial charge in [-0.3, -0.25) is 4.79 Å². The minimum absolute atomic E-state index is 0.200. The number of hydrogen-bond donors (Lipinski definition) is 0. The predicted molar refractivity (Wildman–Crippen MR) is 60.9 cm³/mol. The molecule has 0 bridgehead atoms. The monoisotopic (exact) mass is 206 g/mol. The standard InChI is InChI=1S/C13H18O2/c1-2-6-13(14)11-15-10-9-12-7-4-3-5-8-12/h3-5,7-8H,2,6,9-11H2,1H3. The van der Waals surface area contributed by atoms with E-state index >= 15 is 0 Å². The molecule has 0 aliphatic carbocycles. The molecule has 2 heteroatoms. The minimum atomic E-state index is 0.200. The van der Waals surface area contributed by atoms with Crippen LogP contribution in [0.2, 0.25) is 0 Å². The second-order valence-electron chi connectivity index (χ2n) is 3.58. The highest BCUT2D eigenvalue weighted by molar-refractivity contribution is 5.79. The van der Waals surface area contributed by atoms with Gasteiger partial charge in [0.15, 0.2) is 5.78 Å². The summed E-state index contributed by atoms with van der Waals surface area (Å²) in [4.78, 5) is 11.1. The third-order valence-electron chi connectivity index (χ3n) is 2.17. The number of hydrogen-bond acceptors (Lipinski definition) is 2. The Morgan fingerprint density at radius 2 is 2.00 bits per heavy atom. The second-order valence-corrected chi connectivity index (χ2v) is 3.58. The molecule has 0 aromatic heterocycles. The number of rotatable bonds is 7. The summed E-state index contributed by atoms with van der Waals surface area (Å²) >= 11 is 0. The zero-order chi connectivity index (χ0) is 10.9. The summed E-state index contributed by atoms with van der Waals surface area (Å²) in [6.45, 7) is 2.89. The van der Waals surface area contributed by atoms with E-state index in [1.165, 1.54) is 5.56 Å². The number of carbonyl (C=O) groups excluding carboxylic acids is 1. The van der Waals surface area contributed by atoms with Crippen LogP contribution in [0, 0.1) is 0 Å². The molecular formula is C13H18O2. The van der Waals surface area contributed by atoms with Gasteiger partial charge >= 0.3 is 0 Å². The molecule has 1 aromatic rings. The molecule has 2 nitrogen and oxygen atoms in total. The van der Waals surface area contributed by atoms with Crippen LogP contribution in [-0.4, -0.2) is 19.0 Å². The van der Waals surface area contributed by atoms with E-state index in [2.05, 4.69) is 12.1 Å². The van der Waals surface area contributed by atoms with Crippen LogP contribution in [0.4, 0.5) is 0 Å². The van der Waals surface area contributed by atoms with Crippen molar-refractivity contribution in [2.45, 2.75) is 26.2 Å². The van der Waals surface area contributed by atoms with Crippen molar-refractivity contribution in [2.75, 3.05) is 13.2 Å². The maximum Gasteiger partial charge on any atom is 0.158 e. The maximum absolute atomic E-state index is 11.1. The fourth-order valence-corrected chi connectivity index (χ4v) is 1.37. The normalized spacial score (nSPS) is 10.2. The average Bonchev–Trinajstić information content (AvgIpc) is 2.26. The molecule has 0 N–H and O–H groups in total. The summed E-state index contributed by atoms with van der Waals surface area (Å²) < 4.78 is 5.30. The molecule has 1 aromatic carbocycles. The summed E-state index contributed by atoms with van der Waals surface area (Å²) in [5.74, 6) is 0.200. The Morgan fingerprint density at radius 1 is 1.27 bits per heavy atom. The summed E-state index contributed by atoms with van der Waals surface area (Å²) in [7, 11) is 0. The molecule has 0 aliphatic rings. The molecule has 0 saturated heterocycles. The molecule has 0 spiro atoms. The SMILES string of the molecule is CCCC(=O)COCCc1ccccc1. The molecule has 0 aliphatic heterocycles. The number of benzene rings is 1. The maximum atomic E-state index is 11.1. The number of ether oxygens (including phenoxy) is 1. The molecular weight excluding hydrogens is 188 g/mol. The molecule has 1 rings (SSSR count). The number of carbonyl (C=O) groups is 1. The molecule has 0 amide bonds. The summed E-state index contributed by atoms with van der Waals surface area (Å²) in [6.07, 6.45) is 2.41. The van der Waals surface area contributed by atoms with Crippen molar-refractivity contribution in [3.8, 4) is 0 Å². The Labute approximate surface area is 91.3 Å². The summed E-state index contributed by atoms with van der Waals surface area (Å²) in [6, 6.07) is 10.2. The van der Waals surface area contributed by atoms with E-state index < -0.39 is 0 Å². The van der Waals surface area contributed by atoms with Gasteiger partial charge in [0.05, 0.1) is 6.61 Å². The van der Waals surface area contributed by atoms with Crippen LogP contribution in [0.3, 0.4) is 0 Å². The first-order chi connectivity index (χ1) is 7.33. The Hall–Kier alpha value is -1.15. The van der Waals surface area contributed by atoms with Gasteiger partial charge in [-0.1, -0.05) is 37.3 Å². The first kappa shape index (κ1) is 11.9. The highest BCUT2D eigenvalue weighted by Gasteiger charge is 1.99. The molecule has 0 saturated carbocycles. The van der Waals surface area contributed by atoms with E-state index in [0.29, 0.717) is 13.0 Å². The van der Waals surface area contributed by atoms with Crippen molar-refractivity contribution in [1.82, 2.24) is 0 Å². The first-order valence-corrected chi connectivity index (χ1v) is 5.46. The van der Waals surface area contributed by atoms with Gasteiger partial charge in [-0.05, 0) is 18.4 Å². The van der Waals surface area contributed by atoms with E-state index in [4.69, 9.17) is 4.74 Å². The molecule has 0 heterocycles. The van der Waals surface area contributed by atoms with Crippen LogP contribution < -0.4 is 0 Å². The first-order valence-electron chi connectivity index (χ1n) is 5.46. The van der Waals surface area contributed by atoms with E-state index in [9.17, 15) is 4.79 Å².